The number of likely N-dealkylation sites (tertiary alicyclic amines) is 1. The molecule has 158 valence electrons. The van der Waals surface area contributed by atoms with Crippen molar-refractivity contribution in [1.82, 2.24) is 15.5 Å². The van der Waals surface area contributed by atoms with Crippen LogP contribution in [-0.4, -0.2) is 93.0 Å². The van der Waals surface area contributed by atoms with E-state index in [1.807, 2.05) is 5.32 Å². The van der Waals surface area contributed by atoms with Crippen LogP contribution in [-0.2, 0) is 24.0 Å². The van der Waals surface area contributed by atoms with Crippen LogP contribution in [0.25, 0.3) is 0 Å². The number of aliphatic carboxylic acids is 2. The Labute approximate surface area is 165 Å². The molecular formula is C15H24N4O8S. The number of rotatable bonds is 10. The summed E-state index contributed by atoms with van der Waals surface area (Å²) in [5.74, 6) is -5.31. The molecular weight excluding hydrogens is 396 g/mol. The minimum atomic E-state index is -1.67. The summed E-state index contributed by atoms with van der Waals surface area (Å²) in [5.41, 5.74) is 5.50. The van der Waals surface area contributed by atoms with E-state index in [-0.39, 0.29) is 12.3 Å². The maximum Gasteiger partial charge on any atom is 0.326 e. The number of nitrogens with one attached hydrogen (secondary N) is 2. The van der Waals surface area contributed by atoms with Crippen molar-refractivity contribution in [1.29, 1.82) is 0 Å². The summed E-state index contributed by atoms with van der Waals surface area (Å²) in [6.07, 6.45) is 0.0189. The molecule has 1 fully saturated rings. The van der Waals surface area contributed by atoms with Crippen LogP contribution in [0.3, 0.4) is 0 Å². The molecule has 4 atom stereocenters. The zero-order chi connectivity index (χ0) is 21.4. The molecule has 1 rings (SSSR count). The van der Waals surface area contributed by atoms with Crippen molar-refractivity contribution >= 4 is 42.3 Å². The molecule has 0 spiro atoms. The summed E-state index contributed by atoms with van der Waals surface area (Å²) in [6, 6.07) is -4.97. The SMILES string of the molecule is NC(CO)C(=O)N1CCCC1C(=O)NC(CS)C(=O)NC(CC(=O)O)C(=O)O. The van der Waals surface area contributed by atoms with Gasteiger partial charge in [0.1, 0.15) is 24.2 Å². The number of nitrogens with two attached hydrogens (primary N) is 1. The van der Waals surface area contributed by atoms with Crippen molar-refractivity contribution < 1.29 is 39.3 Å². The van der Waals surface area contributed by atoms with Gasteiger partial charge in [-0.15, -0.1) is 0 Å². The van der Waals surface area contributed by atoms with Crippen LogP contribution in [0.2, 0.25) is 0 Å². The Morgan fingerprint density at radius 2 is 1.79 bits per heavy atom. The van der Waals surface area contributed by atoms with Gasteiger partial charge in [0.2, 0.25) is 17.7 Å². The highest BCUT2D eigenvalue weighted by atomic mass is 32.1. The predicted molar refractivity (Wildman–Crippen MR) is 97.4 cm³/mol. The zero-order valence-electron chi connectivity index (χ0n) is 14.9. The molecule has 1 aliphatic heterocycles. The number of carbonyl (C=O) groups excluding carboxylic acids is 3. The molecule has 1 heterocycles. The summed E-state index contributed by atoms with van der Waals surface area (Å²) in [4.78, 5) is 59.9. The highest BCUT2D eigenvalue weighted by molar-refractivity contribution is 7.80. The Balaban J connectivity index is 2.78. The highest BCUT2D eigenvalue weighted by Gasteiger charge is 2.37. The first-order chi connectivity index (χ1) is 13.1. The third kappa shape index (κ3) is 6.35. The number of nitrogens with zero attached hydrogens (tertiary/aromatic N) is 1. The van der Waals surface area contributed by atoms with Crippen molar-refractivity contribution in [2.75, 3.05) is 18.9 Å². The molecule has 7 N–H and O–H groups in total. The summed E-state index contributed by atoms with van der Waals surface area (Å²) >= 11 is 3.95. The molecule has 12 nitrogen and oxygen atoms in total. The van der Waals surface area contributed by atoms with Gasteiger partial charge >= 0.3 is 11.9 Å². The fourth-order valence-electron chi connectivity index (χ4n) is 2.70. The van der Waals surface area contributed by atoms with E-state index >= 15 is 0 Å². The van der Waals surface area contributed by atoms with Gasteiger partial charge in [-0.3, -0.25) is 19.2 Å². The monoisotopic (exact) mass is 420 g/mol. The number of carboxylic acid groups (broad SMARTS) is 2. The van der Waals surface area contributed by atoms with Gasteiger partial charge in [-0.2, -0.15) is 12.6 Å². The first-order valence-corrected chi connectivity index (χ1v) is 9.08. The van der Waals surface area contributed by atoms with Crippen LogP contribution in [0.5, 0.6) is 0 Å². The lowest BCUT2D eigenvalue weighted by atomic mass is 10.1. The molecule has 0 radical (unpaired) electrons. The van der Waals surface area contributed by atoms with Crippen molar-refractivity contribution in [2.45, 2.75) is 43.4 Å². The number of thiol groups is 1. The molecule has 4 unspecified atom stereocenters. The minimum absolute atomic E-state index is 0.187. The van der Waals surface area contributed by atoms with Gasteiger partial charge in [-0.25, -0.2) is 4.79 Å². The molecule has 28 heavy (non-hydrogen) atoms. The quantitative estimate of drug-likeness (QED) is 0.177. The lowest BCUT2D eigenvalue weighted by Crippen LogP contribution is -2.57. The van der Waals surface area contributed by atoms with E-state index in [0.717, 1.165) is 0 Å². The number of aliphatic hydroxyl groups excluding tert-OH is 1. The second kappa shape index (κ2) is 10.8. The Hall–Kier alpha value is -2.38. The Morgan fingerprint density at radius 1 is 1.14 bits per heavy atom. The molecule has 0 aliphatic carbocycles. The Kier molecular flexibility index (Phi) is 9.15. The van der Waals surface area contributed by atoms with E-state index in [4.69, 9.17) is 21.1 Å². The smallest absolute Gasteiger partial charge is 0.326 e. The van der Waals surface area contributed by atoms with Crippen LogP contribution in [0.1, 0.15) is 19.3 Å². The van der Waals surface area contributed by atoms with E-state index < -0.39 is 66.9 Å². The Morgan fingerprint density at radius 3 is 2.29 bits per heavy atom. The number of hydrogen-bond acceptors (Lipinski definition) is 8. The Bertz CT molecular complexity index is 631. The zero-order valence-corrected chi connectivity index (χ0v) is 15.8. The number of aliphatic hydroxyl groups is 1. The fraction of sp³-hybridized carbons (Fsp3) is 0.667. The van der Waals surface area contributed by atoms with Gasteiger partial charge in [-0.1, -0.05) is 0 Å². The molecule has 0 bridgehead atoms. The minimum Gasteiger partial charge on any atom is -0.481 e. The molecule has 1 saturated heterocycles. The standard InChI is InChI=1S/C15H24N4O8S/c16-7(5-20)14(25)19-3-1-2-10(19)13(24)18-9(6-28)12(23)17-8(15(26)27)4-11(21)22/h7-10,20,28H,1-6,16H2,(H,17,23)(H,18,24)(H,21,22)(H,26,27). The van der Waals surface area contributed by atoms with Gasteiger partial charge in [-0.05, 0) is 12.8 Å². The maximum absolute atomic E-state index is 12.5. The van der Waals surface area contributed by atoms with Crippen LogP contribution in [0.4, 0.5) is 0 Å². The van der Waals surface area contributed by atoms with Crippen LogP contribution in [0.15, 0.2) is 0 Å². The van der Waals surface area contributed by atoms with Gasteiger partial charge in [0.25, 0.3) is 0 Å². The maximum atomic E-state index is 12.5. The molecule has 13 heteroatoms. The first-order valence-electron chi connectivity index (χ1n) is 8.45. The second-order valence-electron chi connectivity index (χ2n) is 6.22. The summed E-state index contributed by atoms with van der Waals surface area (Å²) in [7, 11) is 0. The van der Waals surface area contributed by atoms with Crippen LogP contribution >= 0.6 is 12.6 Å². The van der Waals surface area contributed by atoms with Crippen LogP contribution < -0.4 is 16.4 Å². The summed E-state index contributed by atoms with van der Waals surface area (Å²) < 4.78 is 0. The van der Waals surface area contributed by atoms with E-state index in [0.29, 0.717) is 12.8 Å². The van der Waals surface area contributed by atoms with Gasteiger partial charge in [0.05, 0.1) is 13.0 Å². The van der Waals surface area contributed by atoms with Crippen molar-refractivity contribution in [3.8, 4) is 0 Å². The molecule has 3 amide bonds. The first kappa shape index (κ1) is 23.7. The molecule has 0 saturated carbocycles. The molecule has 0 aromatic rings. The third-order valence-corrected chi connectivity index (χ3v) is 4.53. The normalized spacial score (nSPS) is 19.4. The van der Waals surface area contributed by atoms with E-state index in [2.05, 4.69) is 17.9 Å². The number of hydrogen-bond donors (Lipinski definition) is 7. The van der Waals surface area contributed by atoms with E-state index in [1.54, 1.807) is 0 Å². The van der Waals surface area contributed by atoms with Gasteiger partial charge < -0.3 is 36.6 Å². The van der Waals surface area contributed by atoms with Crippen LogP contribution in [0, 0.1) is 0 Å². The lowest BCUT2D eigenvalue weighted by Gasteiger charge is -2.27. The molecule has 1 aliphatic rings. The summed E-state index contributed by atoms with van der Waals surface area (Å²) in [5, 5.41) is 31.1. The third-order valence-electron chi connectivity index (χ3n) is 4.16. The van der Waals surface area contributed by atoms with Crippen molar-refractivity contribution in [3.05, 3.63) is 0 Å². The highest BCUT2D eigenvalue weighted by Crippen LogP contribution is 2.18. The van der Waals surface area contributed by atoms with Gasteiger partial charge in [0.15, 0.2) is 0 Å². The molecule has 0 aromatic carbocycles. The average molecular weight is 420 g/mol. The van der Waals surface area contributed by atoms with E-state index in [9.17, 15) is 24.0 Å². The summed E-state index contributed by atoms with van der Waals surface area (Å²) in [6.45, 7) is -0.312. The second-order valence-corrected chi connectivity index (χ2v) is 6.58. The topological polar surface area (TPSA) is 199 Å². The largest absolute Gasteiger partial charge is 0.481 e. The number of carbonyl (C=O) groups is 5. The fourth-order valence-corrected chi connectivity index (χ4v) is 2.96. The predicted octanol–water partition coefficient (Wildman–Crippen LogP) is -3.24. The number of amides is 3. The van der Waals surface area contributed by atoms with Crippen molar-refractivity contribution in [2.24, 2.45) is 5.73 Å². The molecule has 0 aromatic heterocycles. The lowest BCUT2D eigenvalue weighted by molar-refractivity contribution is -0.147. The van der Waals surface area contributed by atoms with Gasteiger partial charge in [0, 0.05) is 12.3 Å². The van der Waals surface area contributed by atoms with Crippen molar-refractivity contribution in [3.63, 3.8) is 0 Å². The average Bonchev–Trinajstić information content (AvgIpc) is 3.13. The number of carboxylic acids is 2. The van der Waals surface area contributed by atoms with E-state index in [1.165, 1.54) is 4.90 Å².